The van der Waals surface area contributed by atoms with Crippen molar-refractivity contribution < 1.29 is 0 Å². The van der Waals surface area contributed by atoms with Crippen molar-refractivity contribution in [1.82, 2.24) is 15.3 Å². The number of hydrogen-bond donors (Lipinski definition) is 2. The summed E-state index contributed by atoms with van der Waals surface area (Å²) in [4.78, 5) is 8.93. The van der Waals surface area contributed by atoms with Gasteiger partial charge in [-0.25, -0.2) is 0 Å². The van der Waals surface area contributed by atoms with Crippen molar-refractivity contribution in [2.45, 2.75) is 6.54 Å². The van der Waals surface area contributed by atoms with Gasteiger partial charge in [0.2, 0.25) is 0 Å². The quantitative estimate of drug-likeness (QED) is 0.465. The normalized spacial score (nSPS) is 15.3. The number of nitrogens with two attached hydrogens (primary N) is 1. The Morgan fingerprint density at radius 2 is 2.12 bits per heavy atom. The number of anilines is 1. The molecular weight excluding hydrogens is 368 g/mol. The van der Waals surface area contributed by atoms with E-state index >= 15 is 0 Å². The van der Waals surface area contributed by atoms with Gasteiger partial charge in [-0.2, -0.15) is 5.10 Å². The fraction of sp³-hybridized carbons (Fsp3) is 0.278. The lowest BCUT2D eigenvalue weighted by atomic mass is 10.2. The maximum Gasteiger partial charge on any atom is 0.184 e. The van der Waals surface area contributed by atoms with E-state index in [0.29, 0.717) is 5.02 Å². The molecule has 1 aromatic carbocycles. The van der Waals surface area contributed by atoms with Crippen LogP contribution in [-0.4, -0.2) is 47.4 Å². The Morgan fingerprint density at radius 1 is 1.31 bits per heavy atom. The Kier molecular flexibility index (Phi) is 6.38. The van der Waals surface area contributed by atoms with Crippen LogP contribution < -0.4 is 16.1 Å². The van der Waals surface area contributed by atoms with Gasteiger partial charge in [-0.3, -0.25) is 15.3 Å². The number of nitrogens with zero attached hydrogens (tertiary/aromatic N) is 4. The molecule has 0 amide bonds. The van der Waals surface area contributed by atoms with E-state index in [1.54, 1.807) is 12.4 Å². The Labute approximate surface area is 163 Å². The number of pyridine rings is 1. The number of benzene rings is 1. The van der Waals surface area contributed by atoms with E-state index in [1.807, 2.05) is 30.5 Å². The molecule has 26 heavy (non-hydrogen) atoms. The maximum atomic E-state index is 6.47. The molecule has 0 spiro atoms. The van der Waals surface area contributed by atoms with Gasteiger partial charge >= 0.3 is 0 Å². The summed E-state index contributed by atoms with van der Waals surface area (Å²) in [7, 11) is 0. The van der Waals surface area contributed by atoms with Gasteiger partial charge in [0, 0.05) is 45.1 Å². The third kappa shape index (κ3) is 5.14. The van der Waals surface area contributed by atoms with E-state index in [2.05, 4.69) is 31.4 Å². The standard InChI is InChI=1S/C18H21ClN6S/c19-16-10-14(12-22-23-18(20)26)3-4-17(16)25-8-6-24(7-9-25)13-15-2-1-5-21-11-15/h1-5,10-12H,6-9,13H2,(H3,20,23,26)/b22-12+. The molecule has 1 fully saturated rings. The highest BCUT2D eigenvalue weighted by atomic mass is 35.5. The second kappa shape index (κ2) is 8.93. The molecule has 0 radical (unpaired) electrons. The highest BCUT2D eigenvalue weighted by Crippen LogP contribution is 2.27. The average Bonchev–Trinajstić information content (AvgIpc) is 2.63. The summed E-state index contributed by atoms with van der Waals surface area (Å²) in [5.74, 6) is 0. The molecule has 0 saturated carbocycles. The first-order chi connectivity index (χ1) is 12.6. The first-order valence-corrected chi connectivity index (χ1v) is 9.15. The summed E-state index contributed by atoms with van der Waals surface area (Å²) < 4.78 is 0. The third-order valence-electron chi connectivity index (χ3n) is 4.20. The second-order valence-corrected chi connectivity index (χ2v) is 6.92. The van der Waals surface area contributed by atoms with E-state index in [4.69, 9.17) is 29.6 Å². The minimum atomic E-state index is 0.133. The molecule has 2 aromatic rings. The van der Waals surface area contributed by atoms with E-state index < -0.39 is 0 Å². The Morgan fingerprint density at radius 3 is 2.77 bits per heavy atom. The molecule has 1 aliphatic heterocycles. The number of halogens is 1. The molecule has 3 rings (SSSR count). The van der Waals surface area contributed by atoms with Gasteiger partial charge in [-0.1, -0.05) is 23.7 Å². The third-order valence-corrected chi connectivity index (χ3v) is 4.60. The fourth-order valence-electron chi connectivity index (χ4n) is 2.93. The van der Waals surface area contributed by atoms with Crippen molar-refractivity contribution in [1.29, 1.82) is 0 Å². The molecular formula is C18H21ClN6S. The highest BCUT2D eigenvalue weighted by Gasteiger charge is 2.19. The van der Waals surface area contributed by atoms with Crippen LogP contribution in [0.1, 0.15) is 11.1 Å². The summed E-state index contributed by atoms with van der Waals surface area (Å²) in [5, 5.41) is 4.79. The van der Waals surface area contributed by atoms with Crippen molar-refractivity contribution in [3.05, 3.63) is 58.9 Å². The monoisotopic (exact) mass is 388 g/mol. The summed E-state index contributed by atoms with van der Waals surface area (Å²) in [6.45, 7) is 4.80. The first-order valence-electron chi connectivity index (χ1n) is 8.36. The second-order valence-electron chi connectivity index (χ2n) is 6.07. The molecule has 3 N–H and O–H groups in total. The SMILES string of the molecule is NC(=S)N/N=C/c1ccc(N2CCN(Cc3cccnc3)CC2)c(Cl)c1. The first kappa shape index (κ1) is 18.6. The number of piperazine rings is 1. The lowest BCUT2D eigenvalue weighted by Crippen LogP contribution is -2.46. The molecule has 1 aromatic heterocycles. The van der Waals surface area contributed by atoms with Crippen LogP contribution in [0.4, 0.5) is 5.69 Å². The van der Waals surface area contributed by atoms with Crippen molar-refractivity contribution in [3.63, 3.8) is 0 Å². The molecule has 2 heterocycles. The Hall–Kier alpha value is -2.22. The summed E-state index contributed by atoms with van der Waals surface area (Å²) in [6, 6.07) is 9.99. The number of hydrogen-bond acceptors (Lipinski definition) is 5. The van der Waals surface area contributed by atoms with Gasteiger partial charge in [0.25, 0.3) is 0 Å². The van der Waals surface area contributed by atoms with Crippen LogP contribution >= 0.6 is 23.8 Å². The van der Waals surface area contributed by atoms with Crippen molar-refractivity contribution in [2.75, 3.05) is 31.1 Å². The summed E-state index contributed by atoms with van der Waals surface area (Å²) in [5.41, 5.74) is 11.0. The van der Waals surface area contributed by atoms with Gasteiger partial charge in [-0.05, 0) is 41.5 Å². The van der Waals surface area contributed by atoms with Gasteiger partial charge < -0.3 is 10.6 Å². The zero-order chi connectivity index (χ0) is 18.4. The molecule has 136 valence electrons. The zero-order valence-electron chi connectivity index (χ0n) is 14.3. The number of aromatic nitrogens is 1. The molecule has 8 heteroatoms. The van der Waals surface area contributed by atoms with Crippen LogP contribution in [0.3, 0.4) is 0 Å². The molecule has 1 aliphatic rings. The van der Waals surface area contributed by atoms with Crippen molar-refractivity contribution in [2.24, 2.45) is 10.8 Å². The van der Waals surface area contributed by atoms with Gasteiger partial charge in [-0.15, -0.1) is 0 Å². The summed E-state index contributed by atoms with van der Waals surface area (Å²) in [6.07, 6.45) is 5.37. The van der Waals surface area contributed by atoms with Crippen LogP contribution in [0, 0.1) is 0 Å². The van der Waals surface area contributed by atoms with Gasteiger partial charge in [0.1, 0.15) is 0 Å². The minimum absolute atomic E-state index is 0.133. The molecule has 6 nitrogen and oxygen atoms in total. The van der Waals surface area contributed by atoms with Crippen molar-refractivity contribution >= 4 is 40.8 Å². The van der Waals surface area contributed by atoms with Crippen LogP contribution in [-0.2, 0) is 6.54 Å². The highest BCUT2D eigenvalue weighted by molar-refractivity contribution is 7.80. The van der Waals surface area contributed by atoms with E-state index in [-0.39, 0.29) is 5.11 Å². The Balaban J connectivity index is 1.57. The van der Waals surface area contributed by atoms with Gasteiger partial charge in [0.05, 0.1) is 16.9 Å². The fourth-order valence-corrected chi connectivity index (χ4v) is 3.29. The molecule has 0 bridgehead atoms. The zero-order valence-corrected chi connectivity index (χ0v) is 15.9. The summed E-state index contributed by atoms with van der Waals surface area (Å²) >= 11 is 11.2. The van der Waals surface area contributed by atoms with Crippen LogP contribution in [0.15, 0.2) is 47.8 Å². The van der Waals surface area contributed by atoms with Crippen molar-refractivity contribution in [3.8, 4) is 0 Å². The number of nitrogens with one attached hydrogen (secondary N) is 1. The number of thiocarbonyl (C=S) groups is 1. The molecule has 1 saturated heterocycles. The average molecular weight is 389 g/mol. The molecule has 0 atom stereocenters. The molecule has 0 unspecified atom stereocenters. The lowest BCUT2D eigenvalue weighted by Gasteiger charge is -2.36. The Bertz CT molecular complexity index is 775. The predicted molar refractivity (Wildman–Crippen MR) is 111 cm³/mol. The smallest absolute Gasteiger partial charge is 0.184 e. The lowest BCUT2D eigenvalue weighted by molar-refractivity contribution is 0.249. The minimum Gasteiger partial charge on any atom is -0.375 e. The maximum absolute atomic E-state index is 6.47. The van der Waals surface area contributed by atoms with E-state index in [0.717, 1.165) is 44.0 Å². The number of hydrazone groups is 1. The number of rotatable bonds is 5. The molecule has 0 aliphatic carbocycles. The predicted octanol–water partition coefficient (Wildman–Crippen LogP) is 2.22. The van der Waals surface area contributed by atoms with Gasteiger partial charge in [0.15, 0.2) is 5.11 Å². The van der Waals surface area contributed by atoms with Crippen LogP contribution in [0.2, 0.25) is 5.02 Å². The van der Waals surface area contributed by atoms with E-state index in [1.165, 1.54) is 5.56 Å². The largest absolute Gasteiger partial charge is 0.375 e. The van der Waals surface area contributed by atoms with Crippen LogP contribution in [0.25, 0.3) is 0 Å². The van der Waals surface area contributed by atoms with Crippen LogP contribution in [0.5, 0.6) is 0 Å². The topological polar surface area (TPSA) is 69.8 Å². The van der Waals surface area contributed by atoms with E-state index in [9.17, 15) is 0 Å².